The number of rotatable bonds is 2. The summed E-state index contributed by atoms with van der Waals surface area (Å²) in [6.07, 6.45) is -0.932. The average Bonchev–Trinajstić information content (AvgIpc) is 3.12. The van der Waals surface area contributed by atoms with Crippen LogP contribution in [0.3, 0.4) is 0 Å². The molecule has 2 amide bonds. The largest absolute Gasteiger partial charge is 0.381 e. The van der Waals surface area contributed by atoms with Gasteiger partial charge in [0.25, 0.3) is 5.91 Å². The number of benzene rings is 2. The molecule has 0 saturated carbocycles. The van der Waals surface area contributed by atoms with Crippen LogP contribution < -0.4 is 4.90 Å². The molecule has 2 aromatic rings. The van der Waals surface area contributed by atoms with Crippen LogP contribution in [0.5, 0.6) is 0 Å². The fraction of sp³-hybridized carbons (Fsp3) is 0.211. The Morgan fingerprint density at radius 1 is 1.04 bits per heavy atom. The van der Waals surface area contributed by atoms with Gasteiger partial charge in [0, 0.05) is 10.6 Å². The summed E-state index contributed by atoms with van der Waals surface area (Å²) >= 11 is 6.23. The van der Waals surface area contributed by atoms with E-state index in [1.54, 1.807) is 30.3 Å². The molecular weight excluding hydrogens is 340 g/mol. The molecule has 4 rings (SSSR count). The molecule has 0 bridgehead atoms. The third-order valence-electron chi connectivity index (χ3n) is 4.78. The van der Waals surface area contributed by atoms with E-state index in [1.165, 1.54) is 4.90 Å². The number of nitrogens with zero attached hydrogens (tertiary/aromatic N) is 2. The second-order valence-corrected chi connectivity index (χ2v) is 6.60. The first-order valence-electron chi connectivity index (χ1n) is 7.93. The van der Waals surface area contributed by atoms with Crippen LogP contribution in [0.2, 0.25) is 5.02 Å². The Morgan fingerprint density at radius 2 is 1.80 bits per heavy atom. The fourth-order valence-corrected chi connectivity index (χ4v) is 3.52. The van der Waals surface area contributed by atoms with Crippen molar-refractivity contribution in [3.8, 4) is 0 Å². The van der Waals surface area contributed by atoms with E-state index in [9.17, 15) is 9.59 Å². The van der Waals surface area contributed by atoms with Gasteiger partial charge < -0.3 is 4.84 Å². The van der Waals surface area contributed by atoms with Crippen molar-refractivity contribution in [2.45, 2.75) is 20.0 Å². The lowest BCUT2D eigenvalue weighted by Gasteiger charge is -2.19. The molecule has 25 heavy (non-hydrogen) atoms. The molecular formula is C19H15ClN2O3. The normalized spacial score (nSPS) is 22.0. The number of amides is 2. The first-order valence-corrected chi connectivity index (χ1v) is 8.31. The number of oxime groups is 1. The topological polar surface area (TPSA) is 59.0 Å². The van der Waals surface area contributed by atoms with Gasteiger partial charge in [-0.2, -0.15) is 0 Å². The zero-order valence-electron chi connectivity index (χ0n) is 13.7. The third kappa shape index (κ3) is 2.27. The van der Waals surface area contributed by atoms with E-state index in [-0.39, 0.29) is 5.91 Å². The van der Waals surface area contributed by atoms with E-state index < -0.39 is 17.9 Å². The van der Waals surface area contributed by atoms with E-state index >= 15 is 0 Å². The standard InChI is InChI=1S/C19H15ClN2O3/c1-10-6-5-9-14(11(10)2)22-18(23)15-16(21-25-17(15)19(22)24)12-7-3-4-8-13(12)20/h3-9,15,17H,1-2H3/t15-,17+/m1/s1. The zero-order chi connectivity index (χ0) is 17.7. The first-order chi connectivity index (χ1) is 12.0. The average molecular weight is 355 g/mol. The van der Waals surface area contributed by atoms with Gasteiger partial charge in [0.15, 0.2) is 0 Å². The molecule has 1 saturated heterocycles. The van der Waals surface area contributed by atoms with Crippen molar-refractivity contribution in [1.82, 2.24) is 0 Å². The molecule has 1 fully saturated rings. The minimum atomic E-state index is -0.932. The number of imide groups is 1. The summed E-state index contributed by atoms with van der Waals surface area (Å²) < 4.78 is 0. The zero-order valence-corrected chi connectivity index (χ0v) is 14.4. The fourth-order valence-electron chi connectivity index (χ4n) is 3.28. The molecule has 6 heteroatoms. The Labute approximate surface area is 149 Å². The van der Waals surface area contributed by atoms with Crippen molar-refractivity contribution in [3.05, 3.63) is 64.2 Å². The maximum atomic E-state index is 13.1. The molecule has 0 aliphatic carbocycles. The molecule has 2 aromatic carbocycles. The van der Waals surface area contributed by atoms with Gasteiger partial charge in [-0.3, -0.25) is 9.59 Å². The van der Waals surface area contributed by atoms with E-state index in [0.717, 1.165) is 11.1 Å². The van der Waals surface area contributed by atoms with E-state index in [0.29, 0.717) is 22.0 Å². The molecule has 2 heterocycles. The van der Waals surface area contributed by atoms with Gasteiger partial charge in [0.1, 0.15) is 11.6 Å². The van der Waals surface area contributed by atoms with Gasteiger partial charge in [0.05, 0.1) is 5.69 Å². The van der Waals surface area contributed by atoms with Gasteiger partial charge in [-0.05, 0) is 37.1 Å². The number of aryl methyl sites for hydroxylation is 1. The van der Waals surface area contributed by atoms with Gasteiger partial charge in [0.2, 0.25) is 12.0 Å². The summed E-state index contributed by atoms with van der Waals surface area (Å²) in [4.78, 5) is 32.4. The van der Waals surface area contributed by atoms with Crippen molar-refractivity contribution < 1.29 is 14.4 Å². The minimum Gasteiger partial charge on any atom is -0.381 e. The van der Waals surface area contributed by atoms with Crippen LogP contribution in [-0.2, 0) is 14.4 Å². The Kier molecular flexibility index (Phi) is 3.62. The van der Waals surface area contributed by atoms with Crippen molar-refractivity contribution in [2.24, 2.45) is 11.1 Å². The number of fused-ring (bicyclic) bond motifs is 1. The molecule has 0 unspecified atom stereocenters. The number of halogens is 1. The Bertz CT molecular complexity index is 938. The predicted octanol–water partition coefficient (Wildman–Crippen LogP) is 3.25. The monoisotopic (exact) mass is 354 g/mol. The highest BCUT2D eigenvalue weighted by Crippen LogP contribution is 2.37. The van der Waals surface area contributed by atoms with Crippen LogP contribution in [-0.4, -0.2) is 23.6 Å². The van der Waals surface area contributed by atoms with Crippen LogP contribution >= 0.6 is 11.6 Å². The van der Waals surface area contributed by atoms with Gasteiger partial charge in [-0.15, -0.1) is 0 Å². The highest BCUT2D eigenvalue weighted by molar-refractivity contribution is 6.38. The van der Waals surface area contributed by atoms with Crippen LogP contribution in [0.25, 0.3) is 0 Å². The Morgan fingerprint density at radius 3 is 2.56 bits per heavy atom. The molecule has 2 aliphatic rings. The third-order valence-corrected chi connectivity index (χ3v) is 5.11. The highest BCUT2D eigenvalue weighted by atomic mass is 35.5. The number of hydrogen-bond donors (Lipinski definition) is 0. The lowest BCUT2D eigenvalue weighted by atomic mass is 9.94. The summed E-state index contributed by atoms with van der Waals surface area (Å²) in [6, 6.07) is 12.6. The number of anilines is 1. The summed E-state index contributed by atoms with van der Waals surface area (Å²) in [6.45, 7) is 3.83. The molecule has 2 aliphatic heterocycles. The Hall–Kier alpha value is -2.66. The van der Waals surface area contributed by atoms with Crippen molar-refractivity contribution in [3.63, 3.8) is 0 Å². The van der Waals surface area contributed by atoms with Gasteiger partial charge in [-0.1, -0.05) is 47.1 Å². The van der Waals surface area contributed by atoms with Gasteiger partial charge >= 0.3 is 0 Å². The quantitative estimate of drug-likeness (QED) is 0.778. The van der Waals surface area contributed by atoms with E-state index in [2.05, 4.69) is 5.16 Å². The van der Waals surface area contributed by atoms with Crippen LogP contribution in [0.4, 0.5) is 5.69 Å². The summed E-state index contributed by atoms with van der Waals surface area (Å²) in [5, 5.41) is 4.45. The molecule has 5 nitrogen and oxygen atoms in total. The lowest BCUT2D eigenvalue weighted by Crippen LogP contribution is -2.33. The van der Waals surface area contributed by atoms with Crippen LogP contribution in [0, 0.1) is 19.8 Å². The molecule has 0 N–H and O–H groups in total. The molecule has 0 aromatic heterocycles. The van der Waals surface area contributed by atoms with Crippen molar-refractivity contribution >= 4 is 34.8 Å². The minimum absolute atomic E-state index is 0.333. The maximum Gasteiger partial charge on any atom is 0.278 e. The van der Waals surface area contributed by atoms with Gasteiger partial charge in [-0.25, -0.2) is 4.90 Å². The predicted molar refractivity (Wildman–Crippen MR) is 94.8 cm³/mol. The smallest absolute Gasteiger partial charge is 0.278 e. The SMILES string of the molecule is Cc1cccc(N2C(=O)[C@@H]3C(c4ccccc4Cl)=NO[C@@H]3C2=O)c1C. The summed E-state index contributed by atoms with van der Waals surface area (Å²) in [5.41, 5.74) is 3.50. The molecule has 0 spiro atoms. The first kappa shape index (κ1) is 15.8. The number of hydrogen-bond acceptors (Lipinski definition) is 4. The number of carbonyl (C=O) groups excluding carboxylic acids is 2. The van der Waals surface area contributed by atoms with Crippen molar-refractivity contribution in [1.29, 1.82) is 0 Å². The molecule has 126 valence electrons. The maximum absolute atomic E-state index is 13.1. The Balaban J connectivity index is 1.77. The second kappa shape index (κ2) is 5.70. The van der Waals surface area contributed by atoms with Crippen molar-refractivity contribution in [2.75, 3.05) is 4.90 Å². The second-order valence-electron chi connectivity index (χ2n) is 6.19. The number of carbonyl (C=O) groups is 2. The van der Waals surface area contributed by atoms with E-state index in [1.807, 2.05) is 26.0 Å². The van der Waals surface area contributed by atoms with Crippen LogP contribution in [0.1, 0.15) is 16.7 Å². The highest BCUT2D eigenvalue weighted by Gasteiger charge is 2.56. The summed E-state index contributed by atoms with van der Waals surface area (Å²) in [5.74, 6) is -1.50. The lowest BCUT2D eigenvalue weighted by molar-refractivity contribution is -0.126. The summed E-state index contributed by atoms with van der Waals surface area (Å²) in [7, 11) is 0. The van der Waals surface area contributed by atoms with Crippen LogP contribution in [0.15, 0.2) is 47.6 Å². The van der Waals surface area contributed by atoms with E-state index in [4.69, 9.17) is 16.4 Å². The molecule has 2 atom stereocenters. The molecule has 0 radical (unpaired) electrons.